The van der Waals surface area contributed by atoms with Crippen molar-refractivity contribution in [3.63, 3.8) is 0 Å². The third-order valence-corrected chi connectivity index (χ3v) is 4.07. The van der Waals surface area contributed by atoms with Crippen LogP contribution in [0, 0.1) is 6.92 Å². The Balaban J connectivity index is 1.81. The van der Waals surface area contributed by atoms with Crippen molar-refractivity contribution in [2.75, 3.05) is 5.32 Å². The van der Waals surface area contributed by atoms with Crippen LogP contribution in [-0.2, 0) is 9.59 Å². The summed E-state index contributed by atoms with van der Waals surface area (Å²) in [6.07, 6.45) is 0.120. The van der Waals surface area contributed by atoms with Crippen molar-refractivity contribution in [1.29, 1.82) is 0 Å². The van der Waals surface area contributed by atoms with Gasteiger partial charge in [0.05, 0.1) is 5.71 Å². The molecule has 0 aliphatic carbocycles. The highest BCUT2D eigenvalue weighted by Crippen LogP contribution is 2.23. The normalized spacial score (nSPS) is 11.1. The fourth-order valence-electron chi connectivity index (χ4n) is 2.13. The fraction of sp³-hybridized carbons (Fsp3) is 0.211. The Labute approximate surface area is 152 Å². The number of amides is 2. The van der Waals surface area contributed by atoms with Crippen molar-refractivity contribution < 1.29 is 9.59 Å². The molecule has 2 N–H and O–H groups in total. The SMILES string of the molecule is CC(=NNC(=O)CCC(=O)Nc1cccc(Cl)c1C)c1ccccc1. The average molecular weight is 358 g/mol. The molecule has 0 spiro atoms. The van der Waals surface area contributed by atoms with Gasteiger partial charge in [0, 0.05) is 23.6 Å². The van der Waals surface area contributed by atoms with Gasteiger partial charge in [0.1, 0.15) is 0 Å². The molecule has 2 aromatic rings. The van der Waals surface area contributed by atoms with Gasteiger partial charge in [-0.15, -0.1) is 0 Å². The number of nitrogens with one attached hydrogen (secondary N) is 2. The van der Waals surface area contributed by atoms with Crippen LogP contribution in [0.25, 0.3) is 0 Å². The summed E-state index contributed by atoms with van der Waals surface area (Å²) in [5.41, 5.74) is 5.54. The number of nitrogens with zero attached hydrogens (tertiary/aromatic N) is 1. The number of carbonyl (C=O) groups is 2. The zero-order valence-electron chi connectivity index (χ0n) is 14.2. The second-order valence-electron chi connectivity index (χ2n) is 5.56. The second kappa shape index (κ2) is 8.99. The van der Waals surface area contributed by atoms with Crippen molar-refractivity contribution >= 4 is 34.8 Å². The van der Waals surface area contributed by atoms with E-state index in [1.807, 2.05) is 44.2 Å². The number of anilines is 1. The first-order valence-electron chi connectivity index (χ1n) is 7.91. The van der Waals surface area contributed by atoms with Gasteiger partial charge in [0.15, 0.2) is 0 Å². The van der Waals surface area contributed by atoms with Gasteiger partial charge in [-0.05, 0) is 37.1 Å². The smallest absolute Gasteiger partial charge is 0.240 e. The van der Waals surface area contributed by atoms with Gasteiger partial charge in [-0.2, -0.15) is 5.10 Å². The number of rotatable bonds is 6. The summed E-state index contributed by atoms with van der Waals surface area (Å²) >= 11 is 6.02. The molecule has 5 nitrogen and oxygen atoms in total. The molecule has 2 rings (SSSR count). The minimum atomic E-state index is -0.312. The maximum Gasteiger partial charge on any atom is 0.240 e. The Hall–Kier alpha value is -2.66. The summed E-state index contributed by atoms with van der Waals surface area (Å²) in [6.45, 7) is 3.63. The van der Waals surface area contributed by atoms with E-state index in [9.17, 15) is 9.59 Å². The van der Waals surface area contributed by atoms with Crippen molar-refractivity contribution in [3.8, 4) is 0 Å². The lowest BCUT2D eigenvalue weighted by molar-refractivity contribution is -0.124. The first kappa shape index (κ1) is 18.7. The Morgan fingerprint density at radius 3 is 2.40 bits per heavy atom. The standard InChI is InChI=1S/C19H20ClN3O2/c1-13-16(20)9-6-10-17(13)21-18(24)11-12-19(25)23-22-14(2)15-7-4-3-5-8-15/h3-10H,11-12H2,1-2H3,(H,21,24)(H,23,25). The van der Waals surface area contributed by atoms with Gasteiger partial charge < -0.3 is 5.32 Å². The van der Waals surface area contributed by atoms with Crippen LogP contribution in [-0.4, -0.2) is 17.5 Å². The molecule has 0 unspecified atom stereocenters. The van der Waals surface area contributed by atoms with E-state index in [1.165, 1.54) is 0 Å². The maximum atomic E-state index is 12.0. The molecule has 130 valence electrons. The molecule has 0 saturated heterocycles. The van der Waals surface area contributed by atoms with Crippen molar-refractivity contribution in [3.05, 3.63) is 64.7 Å². The summed E-state index contributed by atoms with van der Waals surface area (Å²) in [6, 6.07) is 14.8. The number of benzene rings is 2. The van der Waals surface area contributed by atoms with Crippen LogP contribution in [0.3, 0.4) is 0 Å². The molecular weight excluding hydrogens is 338 g/mol. The minimum absolute atomic E-state index is 0.0526. The molecular formula is C19H20ClN3O2. The van der Waals surface area contributed by atoms with Crippen molar-refractivity contribution in [2.24, 2.45) is 5.10 Å². The maximum absolute atomic E-state index is 12.0. The molecule has 0 fully saturated rings. The van der Waals surface area contributed by atoms with Crippen LogP contribution in [0.4, 0.5) is 5.69 Å². The molecule has 25 heavy (non-hydrogen) atoms. The number of carbonyl (C=O) groups excluding carboxylic acids is 2. The Morgan fingerprint density at radius 2 is 1.68 bits per heavy atom. The second-order valence-corrected chi connectivity index (χ2v) is 5.97. The van der Waals surface area contributed by atoms with Crippen LogP contribution in [0.5, 0.6) is 0 Å². The third kappa shape index (κ3) is 5.72. The van der Waals surface area contributed by atoms with Gasteiger partial charge in [-0.3, -0.25) is 9.59 Å². The van der Waals surface area contributed by atoms with Crippen LogP contribution in [0.2, 0.25) is 5.02 Å². The number of hydrogen-bond acceptors (Lipinski definition) is 3. The molecule has 0 heterocycles. The van der Waals surface area contributed by atoms with Crippen LogP contribution in [0.1, 0.15) is 30.9 Å². The van der Waals surface area contributed by atoms with E-state index in [-0.39, 0.29) is 24.7 Å². The molecule has 2 amide bonds. The van der Waals surface area contributed by atoms with E-state index in [4.69, 9.17) is 11.6 Å². The van der Waals surface area contributed by atoms with E-state index in [0.717, 1.165) is 11.1 Å². The zero-order valence-corrected chi connectivity index (χ0v) is 14.9. The lowest BCUT2D eigenvalue weighted by Gasteiger charge is -2.09. The summed E-state index contributed by atoms with van der Waals surface area (Å²) < 4.78 is 0. The molecule has 0 aromatic heterocycles. The Kier molecular flexibility index (Phi) is 6.71. The highest BCUT2D eigenvalue weighted by atomic mass is 35.5. The third-order valence-electron chi connectivity index (χ3n) is 3.66. The van der Waals surface area contributed by atoms with Crippen molar-refractivity contribution in [1.82, 2.24) is 5.43 Å². The fourth-order valence-corrected chi connectivity index (χ4v) is 2.30. The number of hydrogen-bond donors (Lipinski definition) is 2. The van der Waals surface area contributed by atoms with E-state index in [2.05, 4.69) is 15.8 Å². The molecule has 0 atom stereocenters. The predicted molar refractivity (Wildman–Crippen MR) is 101 cm³/mol. The highest BCUT2D eigenvalue weighted by Gasteiger charge is 2.09. The lowest BCUT2D eigenvalue weighted by Crippen LogP contribution is -2.22. The molecule has 0 saturated carbocycles. The summed E-state index contributed by atoms with van der Waals surface area (Å²) in [4.78, 5) is 23.8. The number of hydrazone groups is 1. The van der Waals surface area contributed by atoms with Gasteiger partial charge in [0.2, 0.25) is 11.8 Å². The van der Waals surface area contributed by atoms with E-state index >= 15 is 0 Å². The predicted octanol–water partition coefficient (Wildman–Crippen LogP) is 3.91. The van der Waals surface area contributed by atoms with Crippen molar-refractivity contribution in [2.45, 2.75) is 26.7 Å². The van der Waals surface area contributed by atoms with Gasteiger partial charge in [-0.25, -0.2) is 5.43 Å². The highest BCUT2D eigenvalue weighted by molar-refractivity contribution is 6.31. The summed E-state index contributed by atoms with van der Waals surface area (Å²) in [7, 11) is 0. The van der Waals surface area contributed by atoms with Crippen LogP contribution >= 0.6 is 11.6 Å². The molecule has 2 aromatic carbocycles. The minimum Gasteiger partial charge on any atom is -0.326 e. The van der Waals surface area contributed by atoms with Gasteiger partial charge >= 0.3 is 0 Å². The Bertz CT molecular complexity index is 789. The quantitative estimate of drug-likeness (QED) is 0.607. The van der Waals surface area contributed by atoms with E-state index in [0.29, 0.717) is 16.4 Å². The molecule has 0 radical (unpaired) electrons. The van der Waals surface area contributed by atoms with Gasteiger partial charge in [-0.1, -0.05) is 48.0 Å². The Morgan fingerprint density at radius 1 is 1.00 bits per heavy atom. The topological polar surface area (TPSA) is 70.6 Å². The van der Waals surface area contributed by atoms with E-state index < -0.39 is 0 Å². The lowest BCUT2D eigenvalue weighted by atomic mass is 10.1. The van der Waals surface area contributed by atoms with E-state index in [1.54, 1.807) is 18.2 Å². The molecule has 0 aliphatic heterocycles. The van der Waals surface area contributed by atoms with Crippen LogP contribution in [0.15, 0.2) is 53.6 Å². The largest absolute Gasteiger partial charge is 0.326 e. The molecule has 0 bridgehead atoms. The first-order valence-corrected chi connectivity index (χ1v) is 8.28. The zero-order chi connectivity index (χ0) is 18.2. The number of halogens is 1. The molecule has 0 aliphatic rings. The molecule has 6 heteroatoms. The summed E-state index contributed by atoms with van der Waals surface area (Å²) in [5.74, 6) is -0.558. The van der Waals surface area contributed by atoms with Crippen LogP contribution < -0.4 is 10.7 Å². The van der Waals surface area contributed by atoms with Gasteiger partial charge in [0.25, 0.3) is 0 Å². The summed E-state index contributed by atoms with van der Waals surface area (Å²) in [5, 5.41) is 7.39. The average Bonchev–Trinajstić information content (AvgIpc) is 2.62. The first-order chi connectivity index (χ1) is 12.0. The monoisotopic (exact) mass is 357 g/mol.